The van der Waals surface area contributed by atoms with Crippen LogP contribution in [-0.4, -0.2) is 48.4 Å². The largest absolute Gasteiger partial charge is 0.469 e. The van der Waals surface area contributed by atoms with E-state index in [1.165, 1.54) is 6.20 Å². The number of rotatable bonds is 5. The van der Waals surface area contributed by atoms with Crippen molar-refractivity contribution in [1.29, 1.82) is 0 Å². The number of nitrogens with zero attached hydrogens (tertiary/aromatic N) is 2. The van der Waals surface area contributed by atoms with Crippen molar-refractivity contribution in [2.75, 3.05) is 12.3 Å². The van der Waals surface area contributed by atoms with Crippen molar-refractivity contribution in [3.63, 3.8) is 0 Å². The standard InChI is InChI=1S/C10H16N3O8P/c11-9-5(3-14)2-13(10(16)12-9)8-1-6(15)7(21-8)4-20-22(17,18)19/h2,6-8,14-15H,1,3-4H2,(H2,11,12,16)(H2,17,18,19)/t6?,7-,8-/m1/s1. The number of ether oxygens (including phenoxy) is 1. The molecule has 12 heteroatoms. The van der Waals surface area contributed by atoms with Crippen molar-refractivity contribution in [1.82, 2.24) is 9.55 Å². The Morgan fingerprint density at radius 3 is 2.82 bits per heavy atom. The number of aliphatic hydroxyl groups excluding tert-OH is 2. The lowest BCUT2D eigenvalue weighted by Crippen LogP contribution is -2.29. The summed E-state index contributed by atoms with van der Waals surface area (Å²) in [6.45, 7) is -0.967. The predicted octanol–water partition coefficient (Wildman–Crippen LogP) is -1.92. The van der Waals surface area contributed by atoms with E-state index in [1.54, 1.807) is 0 Å². The molecule has 1 aromatic rings. The summed E-state index contributed by atoms with van der Waals surface area (Å²) in [6, 6.07) is 0. The van der Waals surface area contributed by atoms with Gasteiger partial charge in [0.15, 0.2) is 0 Å². The summed E-state index contributed by atoms with van der Waals surface area (Å²) in [6.07, 6.45) is -1.76. The molecule has 1 unspecified atom stereocenters. The molecule has 22 heavy (non-hydrogen) atoms. The monoisotopic (exact) mass is 337 g/mol. The van der Waals surface area contributed by atoms with Crippen molar-refractivity contribution < 1.29 is 33.8 Å². The van der Waals surface area contributed by atoms with E-state index in [0.717, 1.165) is 4.57 Å². The van der Waals surface area contributed by atoms with Crippen molar-refractivity contribution in [3.8, 4) is 0 Å². The van der Waals surface area contributed by atoms with Gasteiger partial charge in [-0.3, -0.25) is 9.09 Å². The van der Waals surface area contributed by atoms with E-state index in [9.17, 15) is 14.5 Å². The van der Waals surface area contributed by atoms with Crippen molar-refractivity contribution in [2.24, 2.45) is 0 Å². The Bertz CT molecular complexity index is 644. The summed E-state index contributed by atoms with van der Waals surface area (Å²) in [5.74, 6) is -0.108. The molecular weight excluding hydrogens is 321 g/mol. The van der Waals surface area contributed by atoms with Crippen molar-refractivity contribution in [3.05, 3.63) is 22.2 Å². The lowest BCUT2D eigenvalue weighted by Gasteiger charge is -2.17. The number of hydrogen-bond acceptors (Lipinski definition) is 8. The second-order valence-corrected chi connectivity index (χ2v) is 5.96. The van der Waals surface area contributed by atoms with Gasteiger partial charge in [-0.25, -0.2) is 9.36 Å². The number of aliphatic hydroxyl groups is 2. The van der Waals surface area contributed by atoms with Gasteiger partial charge in [0.1, 0.15) is 18.1 Å². The van der Waals surface area contributed by atoms with Crippen LogP contribution in [0.3, 0.4) is 0 Å². The first-order chi connectivity index (χ1) is 10.2. The molecule has 0 bridgehead atoms. The fraction of sp³-hybridized carbons (Fsp3) is 0.600. The third-order valence-electron chi connectivity index (χ3n) is 3.15. The zero-order valence-corrected chi connectivity index (χ0v) is 12.2. The number of nitrogen functional groups attached to an aromatic ring is 1. The maximum atomic E-state index is 11.8. The Hall–Kier alpha value is -1.33. The molecule has 0 spiro atoms. The van der Waals surface area contributed by atoms with Crippen LogP contribution in [0.4, 0.5) is 5.82 Å². The molecule has 0 saturated carbocycles. The van der Waals surface area contributed by atoms with E-state index in [1.807, 2.05) is 0 Å². The van der Waals surface area contributed by atoms with Crippen LogP contribution in [0.1, 0.15) is 18.2 Å². The minimum atomic E-state index is -4.69. The third-order valence-corrected chi connectivity index (χ3v) is 3.64. The van der Waals surface area contributed by atoms with Crippen molar-refractivity contribution >= 4 is 13.6 Å². The van der Waals surface area contributed by atoms with E-state index in [-0.39, 0.29) is 17.8 Å². The summed E-state index contributed by atoms with van der Waals surface area (Å²) in [7, 11) is -4.69. The minimum Gasteiger partial charge on any atom is -0.391 e. The quantitative estimate of drug-likeness (QED) is 0.380. The highest BCUT2D eigenvalue weighted by atomic mass is 31.2. The second-order valence-electron chi connectivity index (χ2n) is 4.72. The van der Waals surface area contributed by atoms with Crippen LogP contribution in [0, 0.1) is 0 Å². The van der Waals surface area contributed by atoms with Crippen LogP contribution in [0.2, 0.25) is 0 Å². The predicted molar refractivity (Wildman–Crippen MR) is 71.4 cm³/mol. The summed E-state index contributed by atoms with van der Waals surface area (Å²) >= 11 is 0. The molecule has 11 nitrogen and oxygen atoms in total. The van der Waals surface area contributed by atoms with E-state index in [2.05, 4.69) is 9.51 Å². The van der Waals surface area contributed by atoms with Gasteiger partial charge in [-0.15, -0.1) is 0 Å². The number of phosphoric acid groups is 1. The fourth-order valence-electron chi connectivity index (χ4n) is 2.06. The molecule has 0 aliphatic carbocycles. The highest BCUT2D eigenvalue weighted by Gasteiger charge is 2.37. The maximum Gasteiger partial charge on any atom is 0.469 e. The SMILES string of the molecule is Nc1nc(=O)n([C@H]2CC(O)[C@@H](COP(=O)(O)O)O2)cc1CO. The second kappa shape index (κ2) is 6.42. The molecule has 1 saturated heterocycles. The third kappa shape index (κ3) is 3.90. The summed E-state index contributed by atoms with van der Waals surface area (Å²) < 4.78 is 21.3. The molecule has 0 amide bonds. The zero-order valence-electron chi connectivity index (χ0n) is 11.3. The molecule has 2 rings (SSSR count). The molecule has 2 heterocycles. The Labute approximate surface area is 124 Å². The van der Waals surface area contributed by atoms with Gasteiger partial charge < -0.3 is 30.5 Å². The first-order valence-corrected chi connectivity index (χ1v) is 7.76. The van der Waals surface area contributed by atoms with E-state index < -0.39 is 45.2 Å². The number of hydrogen-bond donors (Lipinski definition) is 5. The average Bonchev–Trinajstić information content (AvgIpc) is 2.77. The van der Waals surface area contributed by atoms with Crippen LogP contribution in [0.15, 0.2) is 11.0 Å². The van der Waals surface area contributed by atoms with E-state index >= 15 is 0 Å². The molecule has 0 radical (unpaired) electrons. The summed E-state index contributed by atoms with van der Waals surface area (Å²) in [4.78, 5) is 32.6. The topological polar surface area (TPSA) is 177 Å². The molecule has 1 aromatic heterocycles. The number of aromatic nitrogens is 2. The molecule has 1 fully saturated rings. The number of anilines is 1. The van der Waals surface area contributed by atoms with Gasteiger partial charge in [0.2, 0.25) is 0 Å². The molecule has 1 aliphatic rings. The molecular formula is C10H16N3O8P. The number of nitrogens with two attached hydrogens (primary N) is 1. The highest BCUT2D eigenvalue weighted by molar-refractivity contribution is 7.46. The van der Waals surface area contributed by atoms with Crippen LogP contribution in [-0.2, 0) is 20.4 Å². The van der Waals surface area contributed by atoms with Crippen LogP contribution in [0.5, 0.6) is 0 Å². The van der Waals surface area contributed by atoms with Gasteiger partial charge in [-0.2, -0.15) is 4.98 Å². The zero-order chi connectivity index (χ0) is 16.5. The normalized spacial score (nSPS) is 25.5. The smallest absolute Gasteiger partial charge is 0.391 e. The van der Waals surface area contributed by atoms with E-state index in [4.69, 9.17) is 25.4 Å². The highest BCUT2D eigenvalue weighted by Crippen LogP contribution is 2.38. The van der Waals surface area contributed by atoms with Crippen LogP contribution < -0.4 is 11.4 Å². The number of phosphoric ester groups is 1. The lowest BCUT2D eigenvalue weighted by molar-refractivity contribution is -0.0451. The lowest BCUT2D eigenvalue weighted by atomic mass is 10.2. The minimum absolute atomic E-state index is 0.00837. The van der Waals surface area contributed by atoms with Gasteiger partial charge >= 0.3 is 13.5 Å². The van der Waals surface area contributed by atoms with E-state index in [0.29, 0.717) is 0 Å². The Balaban J connectivity index is 2.15. The first-order valence-electron chi connectivity index (χ1n) is 6.23. The van der Waals surface area contributed by atoms with Gasteiger partial charge in [0.25, 0.3) is 0 Å². The molecule has 0 aromatic carbocycles. The van der Waals surface area contributed by atoms with Gasteiger partial charge in [0.05, 0.1) is 19.3 Å². The summed E-state index contributed by atoms with van der Waals surface area (Å²) in [5, 5.41) is 18.9. The maximum absolute atomic E-state index is 11.8. The van der Waals surface area contributed by atoms with Gasteiger partial charge in [0, 0.05) is 18.2 Å². The Kier molecular flexibility index (Phi) is 4.97. The van der Waals surface area contributed by atoms with Gasteiger partial charge in [-0.1, -0.05) is 0 Å². The van der Waals surface area contributed by atoms with Crippen LogP contribution >= 0.6 is 7.82 Å². The molecule has 1 aliphatic heterocycles. The van der Waals surface area contributed by atoms with Crippen molar-refractivity contribution in [2.45, 2.75) is 31.5 Å². The molecule has 124 valence electrons. The first kappa shape index (κ1) is 17.0. The van der Waals surface area contributed by atoms with Crippen LogP contribution in [0.25, 0.3) is 0 Å². The summed E-state index contributed by atoms with van der Waals surface area (Å²) in [5.41, 5.74) is 4.95. The Morgan fingerprint density at radius 1 is 1.55 bits per heavy atom. The van der Waals surface area contributed by atoms with Gasteiger partial charge in [-0.05, 0) is 0 Å². The fourth-order valence-corrected chi connectivity index (χ4v) is 2.40. The molecule has 3 atom stereocenters. The molecule has 6 N–H and O–H groups in total. The Morgan fingerprint density at radius 2 is 2.23 bits per heavy atom. The average molecular weight is 337 g/mol.